The topological polar surface area (TPSA) is 94.0 Å². The number of amides is 1. The highest BCUT2D eigenvalue weighted by Crippen LogP contribution is 2.40. The van der Waals surface area contributed by atoms with E-state index in [1.165, 1.54) is 24.3 Å². The number of rotatable bonds is 8. The van der Waals surface area contributed by atoms with Gasteiger partial charge in [-0.15, -0.1) is 0 Å². The van der Waals surface area contributed by atoms with Gasteiger partial charge in [0.15, 0.2) is 5.65 Å². The minimum atomic E-state index is -0.372. The van der Waals surface area contributed by atoms with Gasteiger partial charge in [0.05, 0.1) is 23.9 Å². The molecule has 0 bridgehead atoms. The predicted octanol–water partition coefficient (Wildman–Crippen LogP) is 3.99. The molecule has 0 aliphatic heterocycles. The summed E-state index contributed by atoms with van der Waals surface area (Å²) in [5.41, 5.74) is 2.86. The van der Waals surface area contributed by atoms with Crippen molar-refractivity contribution >= 4 is 22.8 Å². The van der Waals surface area contributed by atoms with E-state index in [0.29, 0.717) is 30.4 Å². The Bertz CT molecular complexity index is 1330. The Morgan fingerprint density at radius 3 is 2.50 bits per heavy atom. The summed E-state index contributed by atoms with van der Waals surface area (Å²) in [5.74, 6) is 2.03. The van der Waals surface area contributed by atoms with E-state index in [9.17, 15) is 9.18 Å². The minimum absolute atomic E-state index is 0.253. The first-order valence-corrected chi connectivity index (χ1v) is 11.2. The maximum absolute atomic E-state index is 13.1. The smallest absolute Gasteiger partial charge is 0.251 e. The second-order valence-corrected chi connectivity index (χ2v) is 8.29. The van der Waals surface area contributed by atoms with E-state index in [2.05, 4.69) is 10.6 Å². The van der Waals surface area contributed by atoms with Crippen LogP contribution in [0.4, 0.5) is 10.2 Å². The second-order valence-electron chi connectivity index (χ2n) is 8.29. The van der Waals surface area contributed by atoms with E-state index in [1.54, 1.807) is 7.11 Å². The Hall–Kier alpha value is -4.01. The third kappa shape index (κ3) is 4.41. The molecule has 2 aromatic carbocycles. The first-order valence-electron chi connectivity index (χ1n) is 11.2. The zero-order valence-corrected chi connectivity index (χ0v) is 19.0. The molecule has 0 unspecified atom stereocenters. The molecule has 0 saturated heterocycles. The van der Waals surface area contributed by atoms with Crippen molar-refractivity contribution in [1.29, 1.82) is 0 Å². The van der Waals surface area contributed by atoms with Crippen molar-refractivity contribution < 1.29 is 13.9 Å². The number of nitrogens with zero attached hydrogens (tertiary/aromatic N) is 4. The summed E-state index contributed by atoms with van der Waals surface area (Å²) in [6.45, 7) is 2.78. The summed E-state index contributed by atoms with van der Waals surface area (Å²) in [7, 11) is 1.64. The highest BCUT2D eigenvalue weighted by atomic mass is 19.1. The average molecular weight is 461 g/mol. The minimum Gasteiger partial charge on any atom is -0.497 e. The molecule has 0 spiro atoms. The normalized spacial score (nSPS) is 13.1. The summed E-state index contributed by atoms with van der Waals surface area (Å²) in [4.78, 5) is 21.9. The fourth-order valence-corrected chi connectivity index (χ4v) is 3.82. The molecule has 2 N–H and O–H groups in total. The Morgan fingerprint density at radius 2 is 1.82 bits per heavy atom. The number of fused-ring (bicyclic) bond motifs is 1. The fraction of sp³-hybridized carbons (Fsp3) is 0.280. The van der Waals surface area contributed by atoms with E-state index >= 15 is 0 Å². The van der Waals surface area contributed by atoms with Gasteiger partial charge in [-0.2, -0.15) is 5.10 Å². The molecule has 174 valence electrons. The molecule has 5 rings (SSSR count). The standard InChI is InChI=1S/C25H25FN6O2/c1-15-21-23(27-13-14-28-25(33)17-5-7-18(26)8-6-17)29-22(16-3-4-16)30-24(21)32(31-15)19-9-11-20(34-2)12-10-19/h5-12,16H,3-4,13-14H2,1-2H3,(H,28,33)(H,27,29,30). The molecule has 1 fully saturated rings. The van der Waals surface area contributed by atoms with Gasteiger partial charge in [0.25, 0.3) is 5.91 Å². The number of halogens is 1. The number of methoxy groups -OCH3 is 1. The van der Waals surface area contributed by atoms with Crippen LogP contribution in [0.15, 0.2) is 48.5 Å². The van der Waals surface area contributed by atoms with Crippen LogP contribution < -0.4 is 15.4 Å². The van der Waals surface area contributed by atoms with Crippen molar-refractivity contribution in [3.8, 4) is 11.4 Å². The van der Waals surface area contributed by atoms with Crippen LogP contribution in [0.5, 0.6) is 5.75 Å². The van der Waals surface area contributed by atoms with Crippen molar-refractivity contribution in [2.75, 3.05) is 25.5 Å². The lowest BCUT2D eigenvalue weighted by atomic mass is 10.2. The molecule has 1 amide bonds. The first kappa shape index (κ1) is 21.8. The number of benzene rings is 2. The third-order valence-corrected chi connectivity index (χ3v) is 5.79. The van der Waals surface area contributed by atoms with Gasteiger partial charge >= 0.3 is 0 Å². The molecule has 1 aliphatic rings. The van der Waals surface area contributed by atoms with Crippen molar-refractivity contribution in [3.63, 3.8) is 0 Å². The summed E-state index contributed by atoms with van der Waals surface area (Å²) in [6.07, 6.45) is 2.16. The van der Waals surface area contributed by atoms with Gasteiger partial charge in [-0.1, -0.05) is 0 Å². The summed E-state index contributed by atoms with van der Waals surface area (Å²) in [5, 5.41) is 11.8. The quantitative estimate of drug-likeness (QED) is 0.386. The number of ether oxygens (including phenoxy) is 1. The van der Waals surface area contributed by atoms with Gasteiger partial charge in [0.1, 0.15) is 23.2 Å². The van der Waals surface area contributed by atoms with Crippen LogP contribution in [0.2, 0.25) is 0 Å². The number of hydrogen-bond acceptors (Lipinski definition) is 6. The number of anilines is 1. The molecule has 2 heterocycles. The fourth-order valence-electron chi connectivity index (χ4n) is 3.82. The van der Waals surface area contributed by atoms with E-state index in [4.69, 9.17) is 19.8 Å². The first-order chi connectivity index (χ1) is 16.5. The number of hydrogen-bond donors (Lipinski definition) is 2. The molecular formula is C25H25FN6O2. The van der Waals surface area contributed by atoms with E-state index in [-0.39, 0.29) is 11.7 Å². The monoisotopic (exact) mass is 460 g/mol. The molecule has 1 saturated carbocycles. The molecule has 9 heteroatoms. The van der Waals surface area contributed by atoms with E-state index in [1.807, 2.05) is 35.9 Å². The molecular weight excluding hydrogens is 435 g/mol. The number of aromatic nitrogens is 4. The van der Waals surface area contributed by atoms with Crippen molar-refractivity contribution in [2.45, 2.75) is 25.7 Å². The highest BCUT2D eigenvalue weighted by molar-refractivity contribution is 5.94. The van der Waals surface area contributed by atoms with Crippen LogP contribution in [-0.2, 0) is 0 Å². The zero-order chi connectivity index (χ0) is 23.7. The van der Waals surface area contributed by atoms with Gasteiger partial charge in [0.2, 0.25) is 0 Å². The van der Waals surface area contributed by atoms with E-state index < -0.39 is 0 Å². The van der Waals surface area contributed by atoms with Gasteiger partial charge in [0, 0.05) is 24.6 Å². The van der Waals surface area contributed by atoms with Crippen molar-refractivity contribution in [1.82, 2.24) is 25.1 Å². The SMILES string of the molecule is COc1ccc(-n2nc(C)c3c(NCCNC(=O)c4ccc(F)cc4)nc(C4CC4)nc32)cc1. The van der Waals surface area contributed by atoms with Crippen molar-refractivity contribution in [2.24, 2.45) is 0 Å². The third-order valence-electron chi connectivity index (χ3n) is 5.79. The molecule has 8 nitrogen and oxygen atoms in total. The second kappa shape index (κ2) is 9.09. The lowest BCUT2D eigenvalue weighted by molar-refractivity contribution is 0.0955. The van der Waals surface area contributed by atoms with E-state index in [0.717, 1.165) is 46.8 Å². The Labute approximate surface area is 196 Å². The van der Waals surface area contributed by atoms with Crippen LogP contribution in [-0.4, -0.2) is 45.9 Å². The van der Waals surface area contributed by atoms with Crippen molar-refractivity contribution in [3.05, 3.63) is 71.4 Å². The Balaban J connectivity index is 1.37. The van der Waals surface area contributed by atoms with Gasteiger partial charge in [-0.3, -0.25) is 4.79 Å². The number of carbonyl (C=O) groups is 1. The summed E-state index contributed by atoms with van der Waals surface area (Å²) in [6, 6.07) is 13.1. The van der Waals surface area contributed by atoms with Crippen LogP contribution in [0, 0.1) is 12.7 Å². The molecule has 0 atom stereocenters. The predicted molar refractivity (Wildman–Crippen MR) is 127 cm³/mol. The van der Waals surface area contributed by atoms with Gasteiger partial charge < -0.3 is 15.4 Å². The molecule has 1 aliphatic carbocycles. The van der Waals surface area contributed by atoms with Crippen LogP contribution in [0.3, 0.4) is 0 Å². The molecule has 4 aromatic rings. The molecule has 2 aromatic heterocycles. The Morgan fingerprint density at radius 1 is 1.09 bits per heavy atom. The van der Waals surface area contributed by atoms with Crippen LogP contribution >= 0.6 is 0 Å². The maximum atomic E-state index is 13.1. The average Bonchev–Trinajstić information content (AvgIpc) is 3.65. The lowest BCUT2D eigenvalue weighted by Crippen LogP contribution is -2.29. The van der Waals surface area contributed by atoms with Gasteiger partial charge in [-0.05, 0) is 68.3 Å². The summed E-state index contributed by atoms with van der Waals surface area (Å²) < 4.78 is 20.2. The zero-order valence-electron chi connectivity index (χ0n) is 19.0. The van der Waals surface area contributed by atoms with Crippen LogP contribution in [0.1, 0.15) is 40.6 Å². The summed E-state index contributed by atoms with van der Waals surface area (Å²) >= 11 is 0. The van der Waals surface area contributed by atoms with Gasteiger partial charge in [-0.25, -0.2) is 19.0 Å². The Kier molecular flexibility index (Phi) is 5.83. The molecule has 34 heavy (non-hydrogen) atoms. The van der Waals surface area contributed by atoms with Crippen LogP contribution in [0.25, 0.3) is 16.7 Å². The largest absolute Gasteiger partial charge is 0.497 e. The highest BCUT2D eigenvalue weighted by Gasteiger charge is 2.29. The number of carbonyl (C=O) groups excluding carboxylic acids is 1. The number of nitrogens with one attached hydrogen (secondary N) is 2. The number of aryl methyl sites for hydroxylation is 1. The molecule has 0 radical (unpaired) electrons. The maximum Gasteiger partial charge on any atom is 0.251 e. The lowest BCUT2D eigenvalue weighted by Gasteiger charge is -2.11.